The van der Waals surface area contributed by atoms with E-state index in [9.17, 15) is 13.2 Å². The predicted octanol–water partition coefficient (Wildman–Crippen LogP) is 3.97. The molecule has 0 aromatic heterocycles. The molecular weight excluding hydrogens is 352 g/mol. The number of methoxy groups -OCH3 is 1. The molecule has 0 heterocycles. The zero-order chi connectivity index (χ0) is 19.3. The summed E-state index contributed by atoms with van der Waals surface area (Å²) >= 11 is 0. The lowest BCUT2D eigenvalue weighted by atomic mass is 9.99. The van der Waals surface area contributed by atoms with Crippen LogP contribution in [-0.2, 0) is 14.8 Å². The summed E-state index contributed by atoms with van der Waals surface area (Å²) < 4.78 is 33.3. The van der Waals surface area contributed by atoms with Crippen LogP contribution in [0.2, 0.25) is 0 Å². The van der Waals surface area contributed by atoms with Crippen LogP contribution in [0, 0.1) is 0 Å². The van der Waals surface area contributed by atoms with Gasteiger partial charge in [-0.05, 0) is 48.2 Å². The summed E-state index contributed by atoms with van der Waals surface area (Å²) in [6.07, 6.45) is 1.01. The molecule has 140 valence electrons. The number of anilines is 2. The number of nitrogens with one attached hydrogen (secondary N) is 2. The monoisotopic (exact) mass is 376 g/mol. The number of amides is 1. The molecule has 6 nitrogen and oxygen atoms in total. The quantitative estimate of drug-likeness (QED) is 0.766. The van der Waals surface area contributed by atoms with Crippen molar-refractivity contribution in [3.05, 3.63) is 48.0 Å². The van der Waals surface area contributed by atoms with E-state index in [-0.39, 0.29) is 16.6 Å². The molecule has 0 saturated heterocycles. The number of hydrogen-bond donors (Lipinski definition) is 2. The molecule has 1 atom stereocenters. The van der Waals surface area contributed by atoms with E-state index in [4.69, 9.17) is 4.74 Å². The van der Waals surface area contributed by atoms with Crippen molar-refractivity contribution in [1.29, 1.82) is 0 Å². The first-order chi connectivity index (χ1) is 12.3. The third-order valence-corrected chi connectivity index (χ3v) is 5.52. The van der Waals surface area contributed by atoms with E-state index in [0.717, 1.165) is 12.0 Å². The maximum atomic E-state index is 12.8. The number of ether oxygens (including phenoxy) is 1. The van der Waals surface area contributed by atoms with Crippen LogP contribution >= 0.6 is 0 Å². The van der Waals surface area contributed by atoms with Crippen LogP contribution in [0.25, 0.3) is 0 Å². The van der Waals surface area contributed by atoms with Gasteiger partial charge >= 0.3 is 0 Å². The summed E-state index contributed by atoms with van der Waals surface area (Å²) in [6, 6.07) is 11.8. The fourth-order valence-electron chi connectivity index (χ4n) is 2.49. The molecule has 2 N–H and O–H groups in total. The number of sulfonamides is 1. The first-order valence-corrected chi connectivity index (χ1v) is 9.83. The van der Waals surface area contributed by atoms with Crippen molar-refractivity contribution >= 4 is 27.3 Å². The average molecular weight is 376 g/mol. The van der Waals surface area contributed by atoms with Gasteiger partial charge in [0.1, 0.15) is 10.6 Å². The predicted molar refractivity (Wildman–Crippen MR) is 103 cm³/mol. The van der Waals surface area contributed by atoms with Gasteiger partial charge in [0, 0.05) is 18.3 Å². The second-order valence-corrected chi connectivity index (χ2v) is 7.73. The van der Waals surface area contributed by atoms with Crippen LogP contribution in [0.1, 0.15) is 38.7 Å². The summed E-state index contributed by atoms with van der Waals surface area (Å²) in [5.41, 5.74) is 2.00. The fraction of sp³-hybridized carbons (Fsp3) is 0.316. The van der Waals surface area contributed by atoms with E-state index in [1.165, 1.54) is 26.2 Å². The van der Waals surface area contributed by atoms with Gasteiger partial charge in [0.15, 0.2) is 0 Å². The molecule has 0 saturated carbocycles. The SMILES string of the molecule is CC[C@H](C)c1ccc(NS(=O)(=O)c2cc(NC(C)=O)ccc2OC)cc1. The van der Waals surface area contributed by atoms with Gasteiger partial charge in [-0.1, -0.05) is 26.0 Å². The molecule has 0 aliphatic carbocycles. The molecule has 0 radical (unpaired) electrons. The van der Waals surface area contributed by atoms with Crippen LogP contribution < -0.4 is 14.8 Å². The Labute approximate surface area is 154 Å². The molecule has 2 aromatic carbocycles. The smallest absolute Gasteiger partial charge is 0.265 e. The summed E-state index contributed by atoms with van der Waals surface area (Å²) in [5.74, 6) is 0.324. The lowest BCUT2D eigenvalue weighted by Gasteiger charge is -2.14. The van der Waals surface area contributed by atoms with Crippen molar-refractivity contribution in [3.8, 4) is 5.75 Å². The van der Waals surface area contributed by atoms with E-state index in [1.54, 1.807) is 18.2 Å². The molecule has 26 heavy (non-hydrogen) atoms. The number of carbonyl (C=O) groups is 1. The van der Waals surface area contributed by atoms with E-state index in [1.807, 2.05) is 12.1 Å². The Hall–Kier alpha value is -2.54. The molecule has 2 aromatic rings. The van der Waals surface area contributed by atoms with Crippen molar-refractivity contribution in [3.63, 3.8) is 0 Å². The highest BCUT2D eigenvalue weighted by Gasteiger charge is 2.21. The van der Waals surface area contributed by atoms with Crippen molar-refractivity contribution in [2.75, 3.05) is 17.1 Å². The second kappa shape index (κ2) is 8.23. The molecule has 2 rings (SSSR count). The number of benzene rings is 2. The van der Waals surface area contributed by atoms with Crippen LogP contribution in [-0.4, -0.2) is 21.4 Å². The highest BCUT2D eigenvalue weighted by molar-refractivity contribution is 7.92. The van der Waals surface area contributed by atoms with Gasteiger partial charge in [-0.25, -0.2) is 8.42 Å². The average Bonchev–Trinajstić information content (AvgIpc) is 2.61. The van der Waals surface area contributed by atoms with Crippen LogP contribution in [0.15, 0.2) is 47.4 Å². The molecule has 1 amide bonds. The molecule has 0 fully saturated rings. The summed E-state index contributed by atoms with van der Waals surface area (Å²) in [7, 11) is -2.48. The fourth-order valence-corrected chi connectivity index (χ4v) is 3.75. The molecule has 7 heteroatoms. The zero-order valence-corrected chi connectivity index (χ0v) is 16.2. The summed E-state index contributed by atoms with van der Waals surface area (Å²) in [4.78, 5) is 11.2. The first kappa shape index (κ1) is 19.8. The molecule has 0 unspecified atom stereocenters. The Morgan fingerprint density at radius 2 is 1.73 bits per heavy atom. The van der Waals surface area contributed by atoms with Crippen LogP contribution in [0.5, 0.6) is 5.75 Å². The minimum atomic E-state index is -3.88. The van der Waals surface area contributed by atoms with Gasteiger partial charge in [-0.15, -0.1) is 0 Å². The standard InChI is InChI=1S/C19H24N2O4S/c1-5-13(2)15-6-8-16(9-7-15)21-26(23,24)19-12-17(20-14(3)22)10-11-18(19)25-4/h6-13,21H,5H2,1-4H3,(H,20,22)/t13-/m0/s1. The molecular formula is C19H24N2O4S. The third kappa shape index (κ3) is 4.76. The maximum Gasteiger partial charge on any atom is 0.265 e. The van der Waals surface area contributed by atoms with Crippen LogP contribution in [0.4, 0.5) is 11.4 Å². The molecule has 0 spiro atoms. The molecule has 0 aliphatic heterocycles. The topological polar surface area (TPSA) is 84.5 Å². The minimum absolute atomic E-state index is 0.0442. The maximum absolute atomic E-state index is 12.8. The van der Waals surface area contributed by atoms with E-state index < -0.39 is 10.0 Å². The van der Waals surface area contributed by atoms with E-state index in [2.05, 4.69) is 23.9 Å². The third-order valence-electron chi connectivity index (χ3n) is 4.12. The summed E-state index contributed by atoms with van der Waals surface area (Å²) in [5, 5.41) is 2.57. The highest BCUT2D eigenvalue weighted by Crippen LogP contribution is 2.29. The van der Waals surface area contributed by atoms with Crippen LogP contribution in [0.3, 0.4) is 0 Å². The lowest BCUT2D eigenvalue weighted by molar-refractivity contribution is -0.114. The summed E-state index contributed by atoms with van der Waals surface area (Å²) in [6.45, 7) is 5.59. The van der Waals surface area contributed by atoms with E-state index >= 15 is 0 Å². The highest BCUT2D eigenvalue weighted by atomic mass is 32.2. The van der Waals surface area contributed by atoms with Crippen molar-refractivity contribution in [2.45, 2.75) is 38.0 Å². The van der Waals surface area contributed by atoms with Crippen molar-refractivity contribution in [2.24, 2.45) is 0 Å². The van der Waals surface area contributed by atoms with E-state index in [0.29, 0.717) is 17.3 Å². The normalized spacial score (nSPS) is 12.3. The Morgan fingerprint density at radius 1 is 1.12 bits per heavy atom. The number of hydrogen-bond acceptors (Lipinski definition) is 4. The lowest BCUT2D eigenvalue weighted by Crippen LogP contribution is -2.15. The molecule has 0 bridgehead atoms. The Balaban J connectivity index is 2.33. The Morgan fingerprint density at radius 3 is 2.27 bits per heavy atom. The van der Waals surface area contributed by atoms with Gasteiger partial charge in [0.2, 0.25) is 5.91 Å². The zero-order valence-electron chi connectivity index (χ0n) is 15.4. The first-order valence-electron chi connectivity index (χ1n) is 8.35. The Bertz CT molecular complexity index is 877. The van der Waals surface area contributed by atoms with Gasteiger partial charge in [-0.3, -0.25) is 9.52 Å². The second-order valence-electron chi connectivity index (χ2n) is 6.08. The van der Waals surface area contributed by atoms with Crippen molar-refractivity contribution < 1.29 is 17.9 Å². The van der Waals surface area contributed by atoms with Gasteiger partial charge in [0.05, 0.1) is 7.11 Å². The van der Waals surface area contributed by atoms with Crippen molar-refractivity contribution in [1.82, 2.24) is 0 Å². The van der Waals surface area contributed by atoms with Gasteiger partial charge in [0.25, 0.3) is 10.0 Å². The van der Waals surface area contributed by atoms with Gasteiger partial charge in [-0.2, -0.15) is 0 Å². The van der Waals surface area contributed by atoms with Gasteiger partial charge < -0.3 is 10.1 Å². The minimum Gasteiger partial charge on any atom is -0.495 e. The number of carbonyl (C=O) groups excluding carboxylic acids is 1. The Kier molecular flexibility index (Phi) is 6.26. The number of rotatable bonds is 7. The largest absolute Gasteiger partial charge is 0.495 e. The molecule has 0 aliphatic rings.